The molecule has 1 aromatic carbocycles. The second-order valence-electron chi connectivity index (χ2n) is 2.99. The maximum absolute atomic E-state index is 11.3. The molecule has 1 aromatic rings. The Hall–Kier alpha value is -1.96. The Morgan fingerprint density at radius 3 is 2.53 bits per heavy atom. The molecule has 0 saturated heterocycles. The summed E-state index contributed by atoms with van der Waals surface area (Å²) in [4.78, 5) is 30.2. The lowest BCUT2D eigenvalue weighted by Gasteiger charge is -2.07. The van der Waals surface area contributed by atoms with E-state index in [1.807, 2.05) is 0 Å². The summed E-state index contributed by atoms with van der Waals surface area (Å²) in [5.74, 6) is -2.16. The molecule has 0 fully saturated rings. The molecule has 0 aliphatic heterocycles. The topological polar surface area (TPSA) is 113 Å². The van der Waals surface area contributed by atoms with E-state index in [-0.39, 0.29) is 11.1 Å². The van der Waals surface area contributed by atoms with Gasteiger partial charge in [0.1, 0.15) is 0 Å². The van der Waals surface area contributed by atoms with Gasteiger partial charge >= 0.3 is 11.9 Å². The van der Waals surface area contributed by atoms with Crippen molar-refractivity contribution in [3.8, 4) is 0 Å². The summed E-state index contributed by atoms with van der Waals surface area (Å²) in [5, 5.41) is 25.8. The summed E-state index contributed by atoms with van der Waals surface area (Å²) in [6.07, 6.45) is -1.64. The zero-order chi connectivity index (χ0) is 12.8. The number of carbonyl (C=O) groups is 2. The molecular weight excluding hydrogens is 232 g/mol. The summed E-state index contributed by atoms with van der Waals surface area (Å²) >= 11 is 0. The molecule has 0 amide bonds. The van der Waals surface area contributed by atoms with Crippen LogP contribution in [0.4, 0.5) is 0 Å². The summed E-state index contributed by atoms with van der Waals surface area (Å²) in [6, 6.07) is 5.09. The van der Waals surface area contributed by atoms with E-state index < -0.39 is 24.8 Å². The fourth-order valence-electron chi connectivity index (χ4n) is 0.957. The molecule has 1 rings (SSSR count). The van der Waals surface area contributed by atoms with Crippen LogP contribution in [0.25, 0.3) is 0 Å². The second kappa shape index (κ2) is 5.94. The third-order valence-electron chi connectivity index (χ3n) is 1.74. The van der Waals surface area contributed by atoms with Crippen LogP contribution in [-0.4, -0.2) is 40.2 Å². The average molecular weight is 242 g/mol. The smallest absolute Gasteiger partial charge is 0.373 e. The van der Waals surface area contributed by atoms with Gasteiger partial charge in [-0.15, -0.1) is 0 Å². The van der Waals surface area contributed by atoms with Gasteiger partial charge in [-0.05, 0) is 18.2 Å². The van der Waals surface area contributed by atoms with E-state index in [0.717, 1.165) is 6.07 Å². The van der Waals surface area contributed by atoms with Crippen molar-refractivity contribution in [3.63, 3.8) is 0 Å². The van der Waals surface area contributed by atoms with Crippen LogP contribution in [0.5, 0.6) is 0 Å². The standard InChI is InChI=1S/C10H10O7/c11-5-8(12)16-17-10(15)7-3-1-2-6(4-7)9(13)14/h1-4,8,11-12H,5H2,(H,13,14). The van der Waals surface area contributed by atoms with E-state index in [0.29, 0.717) is 0 Å². The van der Waals surface area contributed by atoms with Crippen molar-refractivity contribution < 1.29 is 34.7 Å². The minimum absolute atomic E-state index is 0.0463. The molecule has 0 aliphatic rings. The first-order chi connectivity index (χ1) is 8.04. The van der Waals surface area contributed by atoms with E-state index in [1.54, 1.807) is 0 Å². The summed E-state index contributed by atoms with van der Waals surface area (Å²) in [7, 11) is 0. The molecule has 1 atom stereocenters. The number of hydrogen-bond donors (Lipinski definition) is 3. The molecule has 17 heavy (non-hydrogen) atoms. The van der Waals surface area contributed by atoms with Crippen molar-refractivity contribution in [2.75, 3.05) is 6.61 Å². The van der Waals surface area contributed by atoms with Gasteiger partial charge < -0.3 is 15.3 Å². The van der Waals surface area contributed by atoms with Crippen LogP contribution < -0.4 is 0 Å². The van der Waals surface area contributed by atoms with Crippen LogP contribution in [0.2, 0.25) is 0 Å². The molecule has 0 radical (unpaired) electrons. The van der Waals surface area contributed by atoms with Crippen molar-refractivity contribution >= 4 is 11.9 Å². The van der Waals surface area contributed by atoms with Gasteiger partial charge in [-0.1, -0.05) is 6.07 Å². The quantitative estimate of drug-likeness (QED) is 0.371. The van der Waals surface area contributed by atoms with Crippen LogP contribution in [0.15, 0.2) is 24.3 Å². The number of carboxylic acids is 1. The largest absolute Gasteiger partial charge is 0.478 e. The molecule has 0 saturated carbocycles. The van der Waals surface area contributed by atoms with Crippen molar-refractivity contribution in [3.05, 3.63) is 35.4 Å². The number of aliphatic hydroxyl groups excluding tert-OH is 2. The normalized spacial score (nSPS) is 11.9. The lowest BCUT2D eigenvalue weighted by Crippen LogP contribution is -2.19. The highest BCUT2D eigenvalue weighted by Crippen LogP contribution is 2.07. The number of aliphatic hydroxyl groups is 2. The average Bonchev–Trinajstić information content (AvgIpc) is 2.35. The first-order valence-electron chi connectivity index (χ1n) is 4.54. The number of carbonyl (C=O) groups excluding carboxylic acids is 1. The molecule has 0 heterocycles. The number of hydrogen-bond acceptors (Lipinski definition) is 6. The third-order valence-corrected chi connectivity index (χ3v) is 1.74. The van der Waals surface area contributed by atoms with Crippen molar-refractivity contribution in [1.82, 2.24) is 0 Å². The molecule has 0 spiro atoms. The molecule has 7 nitrogen and oxygen atoms in total. The monoisotopic (exact) mass is 242 g/mol. The first-order valence-corrected chi connectivity index (χ1v) is 4.54. The highest BCUT2D eigenvalue weighted by Gasteiger charge is 2.13. The van der Waals surface area contributed by atoms with Gasteiger partial charge in [-0.2, -0.15) is 4.89 Å². The molecule has 0 bridgehead atoms. The van der Waals surface area contributed by atoms with Crippen LogP contribution in [-0.2, 0) is 9.78 Å². The van der Waals surface area contributed by atoms with Gasteiger partial charge in [0, 0.05) is 0 Å². The number of rotatable bonds is 5. The van der Waals surface area contributed by atoms with Gasteiger partial charge in [0.15, 0.2) is 0 Å². The lowest BCUT2D eigenvalue weighted by molar-refractivity contribution is -0.334. The van der Waals surface area contributed by atoms with E-state index in [2.05, 4.69) is 9.78 Å². The molecule has 1 unspecified atom stereocenters. The van der Waals surface area contributed by atoms with Crippen LogP contribution in [0, 0.1) is 0 Å². The van der Waals surface area contributed by atoms with Gasteiger partial charge in [-0.25, -0.2) is 9.59 Å². The van der Waals surface area contributed by atoms with Gasteiger partial charge in [0.2, 0.25) is 6.29 Å². The van der Waals surface area contributed by atoms with Crippen molar-refractivity contribution in [1.29, 1.82) is 0 Å². The summed E-state index contributed by atoms with van der Waals surface area (Å²) < 4.78 is 0. The van der Waals surface area contributed by atoms with Crippen LogP contribution >= 0.6 is 0 Å². The number of benzene rings is 1. The highest BCUT2D eigenvalue weighted by atomic mass is 17.2. The summed E-state index contributed by atoms with van der Waals surface area (Å²) in [6.45, 7) is -0.734. The summed E-state index contributed by atoms with van der Waals surface area (Å²) in [5.41, 5.74) is -0.128. The number of carboxylic acid groups (broad SMARTS) is 1. The highest BCUT2D eigenvalue weighted by molar-refractivity contribution is 5.94. The Bertz CT molecular complexity index is 415. The zero-order valence-corrected chi connectivity index (χ0v) is 8.57. The first kappa shape index (κ1) is 13.1. The molecule has 3 N–H and O–H groups in total. The molecule has 7 heteroatoms. The van der Waals surface area contributed by atoms with Crippen LogP contribution in [0.3, 0.4) is 0 Å². The minimum Gasteiger partial charge on any atom is -0.478 e. The van der Waals surface area contributed by atoms with Gasteiger partial charge in [0.05, 0.1) is 17.7 Å². The Kier molecular flexibility index (Phi) is 4.58. The second-order valence-corrected chi connectivity index (χ2v) is 2.99. The van der Waals surface area contributed by atoms with Crippen molar-refractivity contribution in [2.24, 2.45) is 0 Å². The third kappa shape index (κ3) is 3.83. The fraction of sp³-hybridized carbons (Fsp3) is 0.200. The van der Waals surface area contributed by atoms with Crippen molar-refractivity contribution in [2.45, 2.75) is 6.29 Å². The predicted molar refractivity (Wildman–Crippen MR) is 53.0 cm³/mol. The molecule has 0 aromatic heterocycles. The van der Waals surface area contributed by atoms with E-state index in [9.17, 15) is 9.59 Å². The van der Waals surface area contributed by atoms with Crippen LogP contribution in [0.1, 0.15) is 20.7 Å². The minimum atomic E-state index is -1.64. The van der Waals surface area contributed by atoms with E-state index in [4.69, 9.17) is 15.3 Å². The van der Waals surface area contributed by atoms with Gasteiger partial charge in [0.25, 0.3) is 0 Å². The predicted octanol–water partition coefficient (Wildman–Crippen LogP) is -0.216. The van der Waals surface area contributed by atoms with E-state index >= 15 is 0 Å². The lowest BCUT2D eigenvalue weighted by atomic mass is 10.1. The molecule has 92 valence electrons. The van der Waals surface area contributed by atoms with E-state index in [1.165, 1.54) is 18.2 Å². The molecule has 0 aliphatic carbocycles. The fourth-order valence-corrected chi connectivity index (χ4v) is 0.957. The molecular formula is C10H10O7. The van der Waals surface area contributed by atoms with Gasteiger partial charge in [-0.3, -0.25) is 4.89 Å². The maximum Gasteiger partial charge on any atom is 0.373 e. The SMILES string of the molecule is O=C(O)c1cccc(C(=O)OOC(O)CO)c1. The Morgan fingerprint density at radius 1 is 1.29 bits per heavy atom. The Morgan fingerprint density at radius 2 is 1.94 bits per heavy atom. The Balaban J connectivity index is 2.69. The Labute approximate surface area is 95.8 Å². The number of aromatic carboxylic acids is 1. The maximum atomic E-state index is 11.3. The zero-order valence-electron chi connectivity index (χ0n) is 8.57.